The summed E-state index contributed by atoms with van der Waals surface area (Å²) in [6.07, 6.45) is 24.9. The third-order valence-corrected chi connectivity index (χ3v) is 12.4. The van der Waals surface area contributed by atoms with Gasteiger partial charge in [-0.3, -0.25) is 9.59 Å². The average Bonchev–Trinajstić information content (AvgIpc) is 3.28. The van der Waals surface area contributed by atoms with Crippen LogP contribution in [0.2, 0.25) is 0 Å². The van der Waals surface area contributed by atoms with Gasteiger partial charge in [0.2, 0.25) is 11.5 Å². The first kappa shape index (κ1) is 52.9. The summed E-state index contributed by atoms with van der Waals surface area (Å²) in [5.41, 5.74) is 0.978. The Bertz CT molecular complexity index is 1450. The maximum atomic E-state index is 15.4. The van der Waals surface area contributed by atoms with E-state index in [1.807, 2.05) is 0 Å². The van der Waals surface area contributed by atoms with Gasteiger partial charge in [-0.1, -0.05) is 171 Å². The van der Waals surface area contributed by atoms with E-state index in [9.17, 15) is 0 Å². The van der Waals surface area contributed by atoms with Crippen LogP contribution in [0, 0.1) is 11.8 Å². The van der Waals surface area contributed by atoms with Crippen LogP contribution in [0.3, 0.4) is 0 Å². The zero-order chi connectivity index (χ0) is 45.0. The summed E-state index contributed by atoms with van der Waals surface area (Å²) in [5.74, 6) is 2.33. The second kappa shape index (κ2) is 31.4. The van der Waals surface area contributed by atoms with Crippen molar-refractivity contribution in [3.63, 3.8) is 0 Å². The van der Waals surface area contributed by atoms with Crippen LogP contribution < -0.4 is 28.4 Å². The van der Waals surface area contributed by atoms with Gasteiger partial charge in [-0.05, 0) is 62.5 Å². The molecule has 0 spiro atoms. The molecular formula is C54H88O8. The first-order valence-corrected chi connectivity index (χ1v) is 25.6. The van der Waals surface area contributed by atoms with E-state index in [0.717, 1.165) is 154 Å². The number of ketones is 2. The van der Waals surface area contributed by atoms with Gasteiger partial charge in [-0.25, -0.2) is 0 Å². The first-order chi connectivity index (χ1) is 30.3. The molecule has 0 aromatic heterocycles. The topological polar surface area (TPSA) is 89.5 Å². The number of carbonyl (C=O) groups is 2. The van der Waals surface area contributed by atoms with E-state index in [-0.39, 0.29) is 45.7 Å². The van der Waals surface area contributed by atoms with Crippen molar-refractivity contribution >= 4 is 11.6 Å². The van der Waals surface area contributed by atoms with E-state index in [1.165, 1.54) is 0 Å². The highest BCUT2D eigenvalue weighted by molar-refractivity contribution is 6.31. The molecule has 8 nitrogen and oxygen atoms in total. The highest BCUT2D eigenvalue weighted by Gasteiger charge is 2.41. The van der Waals surface area contributed by atoms with Crippen LogP contribution in [0.5, 0.6) is 34.5 Å². The fraction of sp³-hybridized carbons (Fsp3) is 0.741. The molecule has 3 rings (SSSR count). The van der Waals surface area contributed by atoms with Crippen molar-refractivity contribution in [3.05, 3.63) is 34.4 Å². The van der Waals surface area contributed by atoms with Gasteiger partial charge in [0, 0.05) is 11.1 Å². The van der Waals surface area contributed by atoms with E-state index in [4.69, 9.17) is 28.4 Å². The van der Waals surface area contributed by atoms with Gasteiger partial charge in [-0.15, -0.1) is 0 Å². The molecule has 0 N–H and O–H groups in total. The second-order valence-corrected chi connectivity index (χ2v) is 17.7. The second-order valence-electron chi connectivity index (χ2n) is 17.7. The summed E-state index contributed by atoms with van der Waals surface area (Å²) in [4.78, 5) is 30.8. The molecule has 0 aliphatic heterocycles. The van der Waals surface area contributed by atoms with Crippen molar-refractivity contribution < 1.29 is 38.0 Å². The molecule has 2 aromatic rings. The zero-order valence-electron chi connectivity index (χ0n) is 40.8. The van der Waals surface area contributed by atoms with Crippen LogP contribution in [0.1, 0.15) is 241 Å². The molecule has 0 fully saturated rings. The molecule has 352 valence electrons. The van der Waals surface area contributed by atoms with E-state index < -0.39 is 0 Å². The van der Waals surface area contributed by atoms with E-state index >= 15 is 9.59 Å². The molecule has 1 aliphatic carbocycles. The van der Waals surface area contributed by atoms with Gasteiger partial charge < -0.3 is 28.4 Å². The first-order valence-electron chi connectivity index (χ1n) is 25.6. The predicted molar refractivity (Wildman–Crippen MR) is 256 cm³/mol. The van der Waals surface area contributed by atoms with Gasteiger partial charge in [0.05, 0.1) is 50.8 Å². The third kappa shape index (κ3) is 16.6. The van der Waals surface area contributed by atoms with E-state index in [0.29, 0.717) is 74.1 Å². The Hall–Kier alpha value is -3.42. The number of fused-ring (bicyclic) bond motifs is 2. The Labute approximate surface area is 378 Å². The van der Waals surface area contributed by atoms with E-state index in [1.54, 1.807) is 12.1 Å². The Morgan fingerprint density at radius 2 is 0.694 bits per heavy atom. The molecule has 2 atom stereocenters. The van der Waals surface area contributed by atoms with Crippen LogP contribution in [0.25, 0.3) is 0 Å². The Morgan fingerprint density at radius 1 is 0.371 bits per heavy atom. The highest BCUT2D eigenvalue weighted by atomic mass is 16.5. The lowest BCUT2D eigenvalue weighted by molar-refractivity contribution is 0.0965. The maximum absolute atomic E-state index is 15.4. The molecule has 2 unspecified atom stereocenters. The summed E-state index contributed by atoms with van der Waals surface area (Å²) in [5, 5.41) is 0. The fourth-order valence-corrected chi connectivity index (χ4v) is 8.10. The van der Waals surface area contributed by atoms with Gasteiger partial charge in [0.1, 0.15) is 0 Å². The molecule has 0 radical (unpaired) electrons. The summed E-state index contributed by atoms with van der Waals surface area (Å²) in [7, 11) is 0. The number of ether oxygens (including phenoxy) is 6. The molecule has 0 saturated carbocycles. The molecule has 8 heteroatoms. The fourth-order valence-electron chi connectivity index (χ4n) is 8.10. The van der Waals surface area contributed by atoms with Crippen molar-refractivity contribution in [2.75, 3.05) is 39.6 Å². The van der Waals surface area contributed by atoms with Crippen LogP contribution in [-0.2, 0) is 0 Å². The number of carbonyl (C=O) groups excluding carboxylic acids is 2. The van der Waals surface area contributed by atoms with Crippen LogP contribution >= 0.6 is 0 Å². The van der Waals surface area contributed by atoms with Gasteiger partial charge in [0.15, 0.2) is 34.6 Å². The van der Waals surface area contributed by atoms with Crippen LogP contribution in [0.4, 0.5) is 0 Å². The number of unbranched alkanes of at least 4 members (excludes halogenated alkanes) is 14. The number of hydrogen-bond donors (Lipinski definition) is 0. The molecule has 0 bridgehead atoms. The third-order valence-electron chi connectivity index (χ3n) is 12.4. The highest BCUT2D eigenvalue weighted by Crippen LogP contribution is 2.51. The largest absolute Gasteiger partial charge is 0.490 e. The maximum Gasteiger partial charge on any atom is 0.204 e. The van der Waals surface area contributed by atoms with Gasteiger partial charge in [0.25, 0.3) is 0 Å². The minimum absolute atomic E-state index is 0.234. The Morgan fingerprint density at radius 3 is 1.00 bits per heavy atom. The zero-order valence-corrected chi connectivity index (χ0v) is 40.8. The monoisotopic (exact) mass is 865 g/mol. The van der Waals surface area contributed by atoms with Crippen molar-refractivity contribution in [3.8, 4) is 34.5 Å². The van der Waals surface area contributed by atoms with Crippen molar-refractivity contribution in [2.24, 2.45) is 11.8 Å². The Kier molecular flexibility index (Phi) is 26.8. The molecule has 1 aliphatic rings. The predicted octanol–water partition coefficient (Wildman–Crippen LogP) is 15.5. The summed E-state index contributed by atoms with van der Waals surface area (Å²) < 4.78 is 40.0. The minimum atomic E-state index is -0.301. The minimum Gasteiger partial charge on any atom is -0.490 e. The van der Waals surface area contributed by atoms with Gasteiger partial charge in [-0.2, -0.15) is 0 Å². The molecular weight excluding hydrogens is 777 g/mol. The number of benzene rings is 2. The van der Waals surface area contributed by atoms with Gasteiger partial charge >= 0.3 is 0 Å². The lowest BCUT2D eigenvalue weighted by atomic mass is 9.82. The van der Waals surface area contributed by atoms with Crippen molar-refractivity contribution in [1.29, 1.82) is 0 Å². The Balaban J connectivity index is 2.32. The quantitative estimate of drug-likeness (QED) is 0.0526. The average molecular weight is 865 g/mol. The molecule has 62 heavy (non-hydrogen) atoms. The standard InChI is InChI=1S/C54H88O8/c1-9-17-23-27-33-57-45-37-43-47(53(51(45)59-35-29-25-19-11-3)61-39-41(15-7)31-21-13-5)50(56)44-38-46(58-34-28-24-18-10-2)52(60-36-30-26-20-12-4)54(48(44)49(43)55)62-40-42(16-8)32-22-14-6/h37-38,41-42H,9-36,39-40H2,1-8H3. The molecule has 0 amide bonds. The molecule has 0 heterocycles. The van der Waals surface area contributed by atoms with E-state index in [2.05, 4.69) is 55.4 Å². The normalized spacial score (nSPS) is 13.1. The number of rotatable bonds is 38. The lowest BCUT2D eigenvalue weighted by Gasteiger charge is -2.28. The van der Waals surface area contributed by atoms with Crippen molar-refractivity contribution in [1.82, 2.24) is 0 Å². The van der Waals surface area contributed by atoms with Crippen molar-refractivity contribution in [2.45, 2.75) is 209 Å². The SMILES string of the molecule is CCCCCCOc1cc2c(c(OCC(CC)CCCC)c1OCCCCCC)C(=O)c1cc(OCCCCCC)c(OCCCCCC)c(OCC(CC)CCCC)c1C2=O. The summed E-state index contributed by atoms with van der Waals surface area (Å²) in [6, 6.07) is 3.48. The molecule has 0 saturated heterocycles. The van der Waals surface area contributed by atoms with Crippen LogP contribution in [0.15, 0.2) is 12.1 Å². The smallest absolute Gasteiger partial charge is 0.204 e. The lowest BCUT2D eigenvalue weighted by Crippen LogP contribution is -2.26. The van der Waals surface area contributed by atoms with Crippen LogP contribution in [-0.4, -0.2) is 51.2 Å². The summed E-state index contributed by atoms with van der Waals surface area (Å²) >= 11 is 0. The number of hydrogen-bond acceptors (Lipinski definition) is 8. The summed E-state index contributed by atoms with van der Waals surface area (Å²) in [6.45, 7) is 20.2. The molecule has 2 aromatic carbocycles.